The molecule has 2 fully saturated rings. The SMILES string of the molecule is CC1(O)C2CCC(=O)C(Cc3cccc(c3)C3(CC=C4CC(c5cccc(CO)c5)C#CC5CC(=O)Oc6cc(O)c(cc65)CC1OC4=O)CCCCC3)C2. The lowest BCUT2D eigenvalue weighted by atomic mass is 9.66. The summed E-state index contributed by atoms with van der Waals surface area (Å²) in [5, 5.41) is 34.0. The number of aromatic hydroxyl groups is 1. The lowest BCUT2D eigenvalue weighted by molar-refractivity contribution is -0.170. The van der Waals surface area contributed by atoms with Crippen LogP contribution in [0.15, 0.2) is 72.3 Å². The highest BCUT2D eigenvalue weighted by Crippen LogP contribution is 2.46. The van der Waals surface area contributed by atoms with Crippen molar-refractivity contribution in [1.29, 1.82) is 0 Å². The Hall–Kier alpha value is -4.71. The van der Waals surface area contributed by atoms with Crippen LogP contribution in [0, 0.1) is 23.7 Å². The summed E-state index contributed by atoms with van der Waals surface area (Å²) in [4.78, 5) is 41.2. The Labute approximate surface area is 323 Å². The molecule has 0 saturated heterocycles. The Bertz CT molecular complexity index is 2090. The summed E-state index contributed by atoms with van der Waals surface area (Å²) in [7, 11) is 0. The van der Waals surface area contributed by atoms with E-state index in [-0.39, 0.29) is 60.4 Å². The van der Waals surface area contributed by atoms with Crippen molar-refractivity contribution >= 4 is 17.7 Å². The highest BCUT2D eigenvalue weighted by Gasteiger charge is 2.47. The van der Waals surface area contributed by atoms with E-state index in [9.17, 15) is 29.7 Å². The van der Waals surface area contributed by atoms with Gasteiger partial charge in [-0.2, -0.15) is 0 Å². The highest BCUT2D eigenvalue weighted by atomic mass is 16.6. The Balaban J connectivity index is 1.33. The number of ketones is 1. The van der Waals surface area contributed by atoms with Gasteiger partial charge in [-0.25, -0.2) is 4.79 Å². The van der Waals surface area contributed by atoms with Crippen LogP contribution in [-0.4, -0.2) is 44.7 Å². The molecule has 55 heavy (non-hydrogen) atoms. The van der Waals surface area contributed by atoms with Gasteiger partial charge >= 0.3 is 11.9 Å². The van der Waals surface area contributed by atoms with E-state index in [1.807, 2.05) is 30.3 Å². The second kappa shape index (κ2) is 15.1. The maximum absolute atomic E-state index is 14.9. The second-order valence-corrected chi connectivity index (χ2v) is 16.8. The molecule has 6 unspecified atom stereocenters. The van der Waals surface area contributed by atoms with Gasteiger partial charge in [-0.3, -0.25) is 9.59 Å². The number of hydrogen-bond acceptors (Lipinski definition) is 8. The van der Waals surface area contributed by atoms with Gasteiger partial charge in [0.25, 0.3) is 0 Å². The molecule has 0 aromatic heterocycles. The molecule has 2 aliphatic carbocycles. The van der Waals surface area contributed by atoms with E-state index in [4.69, 9.17) is 9.47 Å². The Morgan fingerprint density at radius 2 is 1.69 bits per heavy atom. The summed E-state index contributed by atoms with van der Waals surface area (Å²) in [6.07, 6.45) is 8.81. The number of carbonyl (C=O) groups excluding carboxylic acids is 3. The third-order valence-electron chi connectivity index (χ3n) is 13.3. The number of benzene rings is 3. The summed E-state index contributed by atoms with van der Waals surface area (Å²) in [6, 6.07) is 19.4. The summed E-state index contributed by atoms with van der Waals surface area (Å²) >= 11 is 0. The first kappa shape index (κ1) is 37.2. The van der Waals surface area contributed by atoms with Crippen LogP contribution in [0.2, 0.25) is 0 Å². The third-order valence-corrected chi connectivity index (χ3v) is 13.3. The van der Waals surface area contributed by atoms with Crippen molar-refractivity contribution in [2.24, 2.45) is 11.8 Å². The van der Waals surface area contributed by atoms with Crippen LogP contribution in [0.4, 0.5) is 0 Å². The van der Waals surface area contributed by atoms with Crippen LogP contribution < -0.4 is 4.74 Å². The van der Waals surface area contributed by atoms with Gasteiger partial charge in [0.05, 0.1) is 18.9 Å². The fourth-order valence-electron chi connectivity index (χ4n) is 9.91. The molecule has 1 spiro atoms. The van der Waals surface area contributed by atoms with Crippen molar-refractivity contribution in [2.75, 3.05) is 0 Å². The zero-order chi connectivity index (χ0) is 38.3. The average Bonchev–Trinajstić information content (AvgIpc) is 3.19. The molecule has 0 radical (unpaired) electrons. The number of phenols is 1. The fourth-order valence-corrected chi connectivity index (χ4v) is 9.91. The first-order valence-electron chi connectivity index (χ1n) is 20.0. The molecule has 3 aromatic carbocycles. The van der Waals surface area contributed by atoms with Gasteiger partial charge in [0.2, 0.25) is 0 Å². The number of esters is 2. The number of phenolic OH excluding ortho intramolecular Hbond substituents is 1. The molecule has 8 rings (SSSR count). The van der Waals surface area contributed by atoms with E-state index in [0.717, 1.165) is 43.2 Å². The topological polar surface area (TPSA) is 130 Å². The zero-order valence-corrected chi connectivity index (χ0v) is 31.5. The molecule has 8 nitrogen and oxygen atoms in total. The van der Waals surface area contributed by atoms with Crippen molar-refractivity contribution in [3.8, 4) is 23.3 Å². The van der Waals surface area contributed by atoms with Crippen molar-refractivity contribution in [3.05, 3.63) is 106 Å². The van der Waals surface area contributed by atoms with Gasteiger partial charge in [-0.05, 0) is 97.1 Å². The summed E-state index contributed by atoms with van der Waals surface area (Å²) < 4.78 is 12.1. The molecule has 5 aliphatic rings. The number of allylic oxidation sites excluding steroid dienone is 1. The van der Waals surface area contributed by atoms with Gasteiger partial charge in [0.15, 0.2) is 0 Å². The summed E-state index contributed by atoms with van der Waals surface area (Å²) in [5.41, 5.74) is 3.63. The van der Waals surface area contributed by atoms with Crippen LogP contribution in [0.1, 0.15) is 123 Å². The molecule has 3 N–H and O–H groups in total. The van der Waals surface area contributed by atoms with Gasteiger partial charge in [0, 0.05) is 41.9 Å². The normalized spacial score (nSPS) is 29.1. The number of aliphatic hydroxyl groups is 2. The smallest absolute Gasteiger partial charge is 0.334 e. The Morgan fingerprint density at radius 1 is 0.891 bits per heavy atom. The van der Waals surface area contributed by atoms with E-state index >= 15 is 0 Å². The molecule has 2 saturated carbocycles. The van der Waals surface area contributed by atoms with Crippen molar-refractivity contribution in [3.63, 3.8) is 0 Å². The Morgan fingerprint density at radius 3 is 2.51 bits per heavy atom. The lowest BCUT2D eigenvalue weighted by Gasteiger charge is -2.42. The minimum Gasteiger partial charge on any atom is -0.508 e. The van der Waals surface area contributed by atoms with Gasteiger partial charge in [-0.15, -0.1) is 0 Å². The van der Waals surface area contributed by atoms with Crippen LogP contribution in [0.25, 0.3) is 0 Å². The average molecular weight is 743 g/mol. The molecule has 6 atom stereocenters. The Kier molecular flexibility index (Phi) is 10.2. The van der Waals surface area contributed by atoms with Gasteiger partial charge in [0.1, 0.15) is 29.0 Å². The molecule has 3 aliphatic heterocycles. The first-order valence-corrected chi connectivity index (χ1v) is 20.0. The van der Waals surface area contributed by atoms with Crippen molar-refractivity contribution in [1.82, 2.24) is 0 Å². The fraction of sp³-hybridized carbons (Fsp3) is 0.468. The predicted molar refractivity (Wildman–Crippen MR) is 206 cm³/mol. The standard InChI is InChI=1S/C47H50O8/c1-46(53)37-13-14-40(49)35(23-37)19-29-7-6-10-38(21-29)47(16-3-2-4-17-47)18-15-34-22-32(31-9-5-8-30(20-31)28-48)11-12-33-26-44(51)54-42-27-41(50)36(24-39(33)42)25-43(46)55-45(34)52/h5-10,15,20-21,24,27,32-33,35,37,43,48,50,53H,2-4,13-14,16-19,22-23,25-26,28H2,1H3. The number of Topliss-reactive ketones (excluding diaryl/α,β-unsaturated/α-hetero) is 1. The molecule has 3 aromatic rings. The number of aliphatic hydroxyl groups excluding tert-OH is 1. The predicted octanol–water partition coefficient (Wildman–Crippen LogP) is 7.43. The molecule has 0 amide bonds. The number of ether oxygens (including phenoxy) is 2. The first-order chi connectivity index (χ1) is 26.5. The van der Waals surface area contributed by atoms with E-state index in [2.05, 4.69) is 36.1 Å². The quantitative estimate of drug-likeness (QED) is 0.141. The van der Waals surface area contributed by atoms with Crippen LogP contribution in [-0.2, 0) is 44.0 Å². The van der Waals surface area contributed by atoms with Crippen molar-refractivity contribution in [2.45, 2.75) is 126 Å². The maximum Gasteiger partial charge on any atom is 0.334 e. The summed E-state index contributed by atoms with van der Waals surface area (Å²) in [6.45, 7) is 1.55. The number of fused-ring (bicyclic) bond motifs is 9. The maximum atomic E-state index is 14.9. The molecule has 8 heteroatoms. The van der Waals surface area contributed by atoms with Gasteiger partial charge < -0.3 is 24.8 Å². The van der Waals surface area contributed by atoms with Crippen LogP contribution in [0.3, 0.4) is 0 Å². The molecule has 8 bridgehead atoms. The molecule has 286 valence electrons. The van der Waals surface area contributed by atoms with E-state index in [1.54, 1.807) is 13.0 Å². The number of rotatable bonds is 2. The third kappa shape index (κ3) is 7.49. The van der Waals surface area contributed by atoms with E-state index < -0.39 is 35.5 Å². The monoisotopic (exact) mass is 742 g/mol. The highest BCUT2D eigenvalue weighted by molar-refractivity contribution is 5.89. The van der Waals surface area contributed by atoms with E-state index in [1.165, 1.54) is 11.6 Å². The minimum atomic E-state index is -1.56. The second-order valence-electron chi connectivity index (χ2n) is 16.8. The van der Waals surface area contributed by atoms with Crippen molar-refractivity contribution < 1.29 is 39.2 Å². The minimum absolute atomic E-state index is 0.00102. The molecular formula is C47H50O8. The zero-order valence-electron chi connectivity index (χ0n) is 31.5. The van der Waals surface area contributed by atoms with Gasteiger partial charge in [-0.1, -0.05) is 85.7 Å². The molecular weight excluding hydrogens is 693 g/mol. The van der Waals surface area contributed by atoms with Crippen LogP contribution >= 0.6 is 0 Å². The number of carbonyl (C=O) groups is 3. The summed E-state index contributed by atoms with van der Waals surface area (Å²) in [5.74, 6) is 4.41. The number of hydrogen-bond donors (Lipinski definition) is 3. The molecule has 3 heterocycles. The largest absolute Gasteiger partial charge is 0.508 e. The van der Waals surface area contributed by atoms with Crippen LogP contribution in [0.5, 0.6) is 11.5 Å². The van der Waals surface area contributed by atoms with E-state index in [0.29, 0.717) is 54.4 Å². The lowest BCUT2D eigenvalue weighted by Crippen LogP contribution is -2.52.